The van der Waals surface area contributed by atoms with Crippen molar-refractivity contribution in [3.05, 3.63) is 71.4 Å². The van der Waals surface area contributed by atoms with Crippen LogP contribution in [0.1, 0.15) is 36.8 Å². The first kappa shape index (κ1) is 31.5. The van der Waals surface area contributed by atoms with E-state index in [1.165, 1.54) is 11.0 Å². The monoisotopic (exact) mass is 619 g/mol. The van der Waals surface area contributed by atoms with Crippen LogP contribution >= 0.6 is 0 Å². The molecule has 0 radical (unpaired) electrons. The van der Waals surface area contributed by atoms with E-state index in [2.05, 4.69) is 4.98 Å². The number of aliphatic carboxylic acids is 1. The number of likely N-dealkylation sites (tertiary alicyclic amines) is 1. The quantitative estimate of drug-likeness (QED) is 0.270. The highest BCUT2D eigenvalue weighted by atomic mass is 19.4. The van der Waals surface area contributed by atoms with Gasteiger partial charge in [-0.3, -0.25) is 9.69 Å². The van der Waals surface area contributed by atoms with Crippen LogP contribution in [-0.2, 0) is 11.4 Å². The zero-order valence-electron chi connectivity index (χ0n) is 24.2. The first-order chi connectivity index (χ1) is 20.9. The van der Waals surface area contributed by atoms with Gasteiger partial charge in [-0.15, -0.1) is 0 Å². The van der Waals surface area contributed by atoms with Gasteiger partial charge in [-0.1, -0.05) is 6.07 Å². The fourth-order valence-corrected chi connectivity index (χ4v) is 5.72. The molecule has 0 amide bonds. The molecule has 3 heterocycles. The number of nitrogens with zero attached hydrogens (tertiary/aromatic N) is 3. The number of anilines is 1. The molecule has 0 unspecified atom stereocenters. The Bertz CT molecular complexity index is 1470. The van der Waals surface area contributed by atoms with Gasteiger partial charge in [-0.2, -0.15) is 13.2 Å². The number of alkyl halides is 3. The first-order valence-electron chi connectivity index (χ1n) is 14.6. The number of ether oxygens (including phenoxy) is 2. The number of hydrogen-bond donors (Lipinski definition) is 1. The summed E-state index contributed by atoms with van der Waals surface area (Å²) in [6.45, 7) is 2.56. The van der Waals surface area contributed by atoms with E-state index in [9.17, 15) is 27.5 Å². The SMILES string of the molecule is Cc1cc(OC2CCN(CC(F)(F)F)CC2)ccc1COc1c(F)cc(F)cc1-c1ccnc(N2CCC(C(=O)O)CC2)c1. The van der Waals surface area contributed by atoms with E-state index in [1.807, 2.05) is 17.9 Å². The molecule has 0 atom stereocenters. The van der Waals surface area contributed by atoms with Crippen molar-refractivity contribution >= 4 is 11.8 Å². The van der Waals surface area contributed by atoms with Gasteiger partial charge in [0.15, 0.2) is 11.6 Å². The van der Waals surface area contributed by atoms with Gasteiger partial charge >= 0.3 is 12.1 Å². The standard InChI is InChI=1S/C32H34F5N3O4/c1-20-14-26(44-25-7-10-39(11-8-25)19-32(35,36)37)3-2-23(20)18-43-30-27(16-24(33)17-28(30)34)22-4-9-38-29(15-22)40-12-5-21(6-13-40)31(41)42/h2-4,9,14-17,21,25H,5-8,10-13,18-19H2,1H3,(H,41,42). The topological polar surface area (TPSA) is 75.1 Å². The third-order valence-corrected chi connectivity index (χ3v) is 8.16. The van der Waals surface area contributed by atoms with Crippen LogP contribution in [0.5, 0.6) is 11.5 Å². The number of aromatic nitrogens is 1. The highest BCUT2D eigenvalue weighted by Crippen LogP contribution is 2.36. The lowest BCUT2D eigenvalue weighted by atomic mass is 9.97. The lowest BCUT2D eigenvalue weighted by Crippen LogP contribution is -2.42. The van der Waals surface area contributed by atoms with E-state index in [4.69, 9.17) is 9.47 Å². The maximum atomic E-state index is 15.1. The molecule has 12 heteroatoms. The molecule has 7 nitrogen and oxygen atoms in total. The summed E-state index contributed by atoms with van der Waals surface area (Å²) in [6.07, 6.45) is -0.921. The Morgan fingerprint density at radius 3 is 2.39 bits per heavy atom. The number of carboxylic acids is 1. The van der Waals surface area contributed by atoms with E-state index >= 15 is 4.39 Å². The average Bonchev–Trinajstić information content (AvgIpc) is 2.97. The average molecular weight is 620 g/mol. The van der Waals surface area contributed by atoms with Gasteiger partial charge in [0, 0.05) is 44.0 Å². The Labute approximate surface area is 252 Å². The molecule has 2 aromatic carbocycles. The predicted octanol–water partition coefficient (Wildman–Crippen LogP) is 6.62. The number of piperidine rings is 2. The zero-order chi connectivity index (χ0) is 31.4. The summed E-state index contributed by atoms with van der Waals surface area (Å²) < 4.78 is 79.4. The molecule has 0 saturated carbocycles. The summed E-state index contributed by atoms with van der Waals surface area (Å²) in [5, 5.41) is 9.28. The fraction of sp³-hybridized carbons (Fsp3) is 0.438. The van der Waals surface area contributed by atoms with Crippen molar-refractivity contribution < 1.29 is 41.3 Å². The summed E-state index contributed by atoms with van der Waals surface area (Å²) >= 11 is 0. The summed E-state index contributed by atoms with van der Waals surface area (Å²) in [7, 11) is 0. The number of benzene rings is 2. The molecule has 2 aliphatic heterocycles. The maximum Gasteiger partial charge on any atom is 0.401 e. The van der Waals surface area contributed by atoms with Crippen molar-refractivity contribution in [1.82, 2.24) is 9.88 Å². The van der Waals surface area contributed by atoms with Crippen molar-refractivity contribution in [2.24, 2.45) is 5.92 Å². The van der Waals surface area contributed by atoms with Gasteiger partial charge in [0.1, 0.15) is 30.1 Å². The Morgan fingerprint density at radius 2 is 1.73 bits per heavy atom. The highest BCUT2D eigenvalue weighted by Gasteiger charge is 2.33. The normalized spacial score (nSPS) is 17.1. The van der Waals surface area contributed by atoms with Crippen LogP contribution < -0.4 is 14.4 Å². The lowest BCUT2D eigenvalue weighted by molar-refractivity contribution is -0.149. The van der Waals surface area contributed by atoms with E-state index in [1.54, 1.807) is 30.5 Å². The van der Waals surface area contributed by atoms with Gasteiger partial charge in [0.25, 0.3) is 0 Å². The number of carboxylic acid groups (broad SMARTS) is 1. The number of hydrogen-bond acceptors (Lipinski definition) is 6. The molecule has 0 spiro atoms. The molecule has 0 bridgehead atoms. The number of aryl methyl sites for hydroxylation is 1. The molecular weight excluding hydrogens is 585 g/mol. The minimum atomic E-state index is -4.22. The van der Waals surface area contributed by atoms with Crippen molar-refractivity contribution in [2.75, 3.05) is 37.6 Å². The van der Waals surface area contributed by atoms with Crippen LogP contribution in [0.4, 0.5) is 27.8 Å². The number of pyridine rings is 1. The molecule has 2 saturated heterocycles. The van der Waals surface area contributed by atoms with Crippen molar-refractivity contribution in [3.8, 4) is 22.6 Å². The molecule has 5 rings (SSSR count). The number of rotatable bonds is 9. The summed E-state index contributed by atoms with van der Waals surface area (Å²) in [5.41, 5.74) is 2.30. The second kappa shape index (κ2) is 13.4. The van der Waals surface area contributed by atoms with E-state index in [0.717, 1.165) is 17.2 Å². The molecule has 236 valence electrons. The van der Waals surface area contributed by atoms with Gasteiger partial charge in [-0.05, 0) is 79.6 Å². The van der Waals surface area contributed by atoms with Crippen LogP contribution in [-0.4, -0.2) is 66.0 Å². The highest BCUT2D eigenvalue weighted by molar-refractivity contribution is 5.73. The third kappa shape index (κ3) is 7.96. The molecular formula is C32H34F5N3O4. The number of halogens is 5. The lowest BCUT2D eigenvalue weighted by Gasteiger charge is -2.32. The maximum absolute atomic E-state index is 15.1. The minimum Gasteiger partial charge on any atom is -0.490 e. The van der Waals surface area contributed by atoms with Crippen LogP contribution in [0, 0.1) is 24.5 Å². The summed E-state index contributed by atoms with van der Waals surface area (Å²) in [5.74, 6) is -1.77. The van der Waals surface area contributed by atoms with E-state index in [-0.39, 0.29) is 24.0 Å². The van der Waals surface area contributed by atoms with Crippen LogP contribution in [0.3, 0.4) is 0 Å². The molecule has 0 aliphatic carbocycles. The second-order valence-corrected chi connectivity index (χ2v) is 11.4. The van der Waals surface area contributed by atoms with Crippen LogP contribution in [0.2, 0.25) is 0 Å². The Morgan fingerprint density at radius 1 is 1.00 bits per heavy atom. The molecule has 3 aromatic rings. The Hall–Kier alpha value is -3.93. The van der Waals surface area contributed by atoms with Gasteiger partial charge in [0.2, 0.25) is 0 Å². The first-order valence-corrected chi connectivity index (χ1v) is 14.6. The van der Waals surface area contributed by atoms with Gasteiger partial charge in [0.05, 0.1) is 12.5 Å². The molecule has 2 fully saturated rings. The largest absolute Gasteiger partial charge is 0.490 e. The Balaban J connectivity index is 1.25. The zero-order valence-corrected chi connectivity index (χ0v) is 24.2. The van der Waals surface area contributed by atoms with Crippen molar-refractivity contribution in [1.29, 1.82) is 0 Å². The molecule has 1 N–H and O–H groups in total. The van der Waals surface area contributed by atoms with Crippen LogP contribution in [0.15, 0.2) is 48.7 Å². The summed E-state index contributed by atoms with van der Waals surface area (Å²) in [6, 6.07) is 10.7. The predicted molar refractivity (Wildman–Crippen MR) is 154 cm³/mol. The van der Waals surface area contributed by atoms with Crippen molar-refractivity contribution in [2.45, 2.75) is 51.5 Å². The molecule has 44 heavy (non-hydrogen) atoms. The number of carbonyl (C=O) groups is 1. The van der Waals surface area contributed by atoms with Gasteiger partial charge < -0.3 is 19.5 Å². The van der Waals surface area contributed by atoms with E-state index < -0.39 is 36.2 Å². The van der Waals surface area contributed by atoms with Crippen molar-refractivity contribution in [3.63, 3.8) is 0 Å². The third-order valence-electron chi connectivity index (χ3n) is 8.16. The minimum absolute atomic E-state index is 0.00185. The second-order valence-electron chi connectivity index (χ2n) is 11.4. The molecule has 1 aromatic heterocycles. The van der Waals surface area contributed by atoms with Gasteiger partial charge in [-0.25, -0.2) is 13.8 Å². The summed E-state index contributed by atoms with van der Waals surface area (Å²) in [4.78, 5) is 19.0. The van der Waals surface area contributed by atoms with Crippen LogP contribution in [0.25, 0.3) is 11.1 Å². The fourth-order valence-electron chi connectivity index (χ4n) is 5.72. The van der Waals surface area contributed by atoms with E-state index in [0.29, 0.717) is 69.0 Å². The molecule has 2 aliphatic rings. The Kier molecular flexibility index (Phi) is 9.57. The smallest absolute Gasteiger partial charge is 0.401 e.